The number of allylic oxidation sites excluding steroid dienone is 1. The van der Waals surface area contributed by atoms with E-state index in [1.54, 1.807) is 0 Å². The molecule has 0 amide bonds. The van der Waals surface area contributed by atoms with Crippen molar-refractivity contribution in [2.45, 2.75) is 56.6 Å². The minimum absolute atomic E-state index is 0.104. The fraction of sp³-hybridized carbons (Fsp3) is 0.714. The molecule has 2 N–H and O–H groups in total. The number of hydrogen-bond donors (Lipinski definition) is 1. The molecule has 3 rings (SSSR count). The molecule has 0 aromatic carbocycles. The second kappa shape index (κ2) is 5.06. The predicted molar refractivity (Wildman–Crippen MR) is 70.5 cm³/mol. The lowest BCUT2D eigenvalue weighted by Crippen LogP contribution is -2.27. The van der Waals surface area contributed by atoms with Crippen molar-refractivity contribution < 1.29 is 9.26 Å². The molecule has 2 aliphatic carbocycles. The average molecular weight is 263 g/mol. The van der Waals surface area contributed by atoms with E-state index >= 15 is 0 Å². The van der Waals surface area contributed by atoms with E-state index in [-0.39, 0.29) is 17.6 Å². The summed E-state index contributed by atoms with van der Waals surface area (Å²) in [6.07, 6.45) is 9.21. The van der Waals surface area contributed by atoms with Crippen LogP contribution in [0.25, 0.3) is 0 Å². The Balaban J connectivity index is 1.82. The molecule has 2 unspecified atom stereocenters. The van der Waals surface area contributed by atoms with Crippen molar-refractivity contribution in [2.24, 2.45) is 5.73 Å². The molecule has 1 aromatic heterocycles. The van der Waals surface area contributed by atoms with Crippen LogP contribution in [0, 0.1) is 0 Å². The highest BCUT2D eigenvalue weighted by Crippen LogP contribution is 2.41. The minimum atomic E-state index is -0.319. The van der Waals surface area contributed by atoms with Crippen molar-refractivity contribution in [1.29, 1.82) is 0 Å². The van der Waals surface area contributed by atoms with Crippen LogP contribution in [0.15, 0.2) is 16.7 Å². The van der Waals surface area contributed by atoms with Gasteiger partial charge >= 0.3 is 0 Å². The molecule has 1 aromatic rings. The summed E-state index contributed by atoms with van der Waals surface area (Å²) in [5, 5.41) is 4.17. The monoisotopic (exact) mass is 263 g/mol. The Kier molecular flexibility index (Phi) is 3.41. The van der Waals surface area contributed by atoms with E-state index < -0.39 is 0 Å². The van der Waals surface area contributed by atoms with Crippen LogP contribution in [-0.2, 0) is 10.3 Å². The quantitative estimate of drug-likeness (QED) is 0.843. The zero-order chi connectivity index (χ0) is 13.3. The van der Waals surface area contributed by atoms with Gasteiger partial charge in [0.25, 0.3) is 0 Å². The third-order valence-corrected chi connectivity index (χ3v) is 4.12. The van der Waals surface area contributed by atoms with E-state index in [9.17, 15) is 0 Å². The summed E-state index contributed by atoms with van der Waals surface area (Å²) in [5.41, 5.74) is 5.55. The van der Waals surface area contributed by atoms with E-state index in [2.05, 4.69) is 16.2 Å². The highest BCUT2D eigenvalue weighted by atomic mass is 16.5. The summed E-state index contributed by atoms with van der Waals surface area (Å²) in [5.74, 6) is 1.55. The highest BCUT2D eigenvalue weighted by Gasteiger charge is 2.41. The summed E-state index contributed by atoms with van der Waals surface area (Å²) < 4.78 is 11.4. The Morgan fingerprint density at radius 3 is 2.84 bits per heavy atom. The Labute approximate surface area is 113 Å². The first kappa shape index (κ1) is 12.8. The van der Waals surface area contributed by atoms with Gasteiger partial charge in [-0.25, -0.2) is 0 Å². The molecule has 0 bridgehead atoms. The molecule has 2 aliphatic rings. The second-order valence-corrected chi connectivity index (χ2v) is 5.48. The molecule has 0 spiro atoms. The van der Waals surface area contributed by atoms with Gasteiger partial charge in [0.15, 0.2) is 0 Å². The number of rotatable bonds is 4. The first-order chi connectivity index (χ1) is 9.23. The fourth-order valence-electron chi connectivity index (χ4n) is 3.14. The Bertz CT molecular complexity index is 463. The standard InChI is InChI=1S/C14H21N3O2/c1-2-18-14(7-3-4-8-14)13-16-12(19-17-13)10-5-6-11(15)9-10/h5-6,10-11H,2-4,7-9,15H2,1H3. The fourth-order valence-corrected chi connectivity index (χ4v) is 3.14. The number of hydrogen-bond acceptors (Lipinski definition) is 5. The molecule has 5 heteroatoms. The van der Waals surface area contributed by atoms with Gasteiger partial charge in [0.2, 0.25) is 11.7 Å². The molecule has 0 radical (unpaired) electrons. The summed E-state index contributed by atoms with van der Waals surface area (Å²) in [7, 11) is 0. The van der Waals surface area contributed by atoms with Crippen molar-refractivity contribution >= 4 is 0 Å². The third-order valence-electron chi connectivity index (χ3n) is 4.12. The predicted octanol–water partition coefficient (Wildman–Crippen LogP) is 2.25. The van der Waals surface area contributed by atoms with Crippen LogP contribution in [0.2, 0.25) is 0 Å². The van der Waals surface area contributed by atoms with Gasteiger partial charge < -0.3 is 15.0 Å². The molecule has 19 heavy (non-hydrogen) atoms. The smallest absolute Gasteiger partial charge is 0.233 e. The van der Waals surface area contributed by atoms with Crippen LogP contribution < -0.4 is 5.73 Å². The molecule has 104 valence electrons. The van der Waals surface area contributed by atoms with E-state index in [1.807, 2.05) is 13.0 Å². The van der Waals surface area contributed by atoms with Crippen molar-refractivity contribution in [3.05, 3.63) is 23.9 Å². The van der Waals surface area contributed by atoms with Crippen molar-refractivity contribution in [3.8, 4) is 0 Å². The second-order valence-electron chi connectivity index (χ2n) is 5.48. The molecular weight excluding hydrogens is 242 g/mol. The van der Waals surface area contributed by atoms with Gasteiger partial charge in [0, 0.05) is 12.6 Å². The normalized spacial score (nSPS) is 29.2. The van der Waals surface area contributed by atoms with Crippen LogP contribution in [-0.4, -0.2) is 22.8 Å². The summed E-state index contributed by atoms with van der Waals surface area (Å²) in [4.78, 5) is 4.59. The zero-order valence-corrected chi connectivity index (χ0v) is 11.3. The lowest BCUT2D eigenvalue weighted by Gasteiger charge is -2.24. The number of ether oxygens (including phenoxy) is 1. The molecular formula is C14H21N3O2. The SMILES string of the molecule is CCOC1(c2noc(C3C=CC(N)C3)n2)CCCC1. The summed E-state index contributed by atoms with van der Waals surface area (Å²) in [6, 6.07) is 0.104. The maximum Gasteiger partial charge on any atom is 0.233 e. The first-order valence-electron chi connectivity index (χ1n) is 7.15. The highest BCUT2D eigenvalue weighted by molar-refractivity contribution is 5.16. The van der Waals surface area contributed by atoms with E-state index in [4.69, 9.17) is 15.0 Å². The topological polar surface area (TPSA) is 74.2 Å². The van der Waals surface area contributed by atoms with Gasteiger partial charge in [-0.2, -0.15) is 4.98 Å². The van der Waals surface area contributed by atoms with Gasteiger partial charge in [-0.05, 0) is 39.0 Å². The van der Waals surface area contributed by atoms with Crippen LogP contribution in [0.3, 0.4) is 0 Å². The average Bonchev–Trinajstić information content (AvgIpc) is 3.07. The molecule has 0 saturated heterocycles. The summed E-state index contributed by atoms with van der Waals surface area (Å²) >= 11 is 0. The van der Waals surface area contributed by atoms with Gasteiger partial charge in [-0.1, -0.05) is 17.3 Å². The summed E-state index contributed by atoms with van der Waals surface area (Å²) in [6.45, 7) is 2.69. The van der Waals surface area contributed by atoms with Gasteiger partial charge in [0.1, 0.15) is 5.60 Å². The number of nitrogens with two attached hydrogens (primary N) is 1. The minimum Gasteiger partial charge on any atom is -0.367 e. The van der Waals surface area contributed by atoms with Crippen molar-refractivity contribution in [2.75, 3.05) is 6.61 Å². The van der Waals surface area contributed by atoms with Crippen molar-refractivity contribution in [1.82, 2.24) is 10.1 Å². The molecule has 2 atom stereocenters. The molecule has 0 aliphatic heterocycles. The molecule has 1 saturated carbocycles. The van der Waals surface area contributed by atoms with Gasteiger partial charge in [-0.15, -0.1) is 0 Å². The number of nitrogens with zero attached hydrogens (tertiary/aromatic N) is 2. The van der Waals surface area contributed by atoms with Crippen LogP contribution in [0.4, 0.5) is 0 Å². The number of aromatic nitrogens is 2. The Morgan fingerprint density at radius 1 is 1.42 bits per heavy atom. The Morgan fingerprint density at radius 2 is 2.21 bits per heavy atom. The van der Waals surface area contributed by atoms with Gasteiger partial charge in [-0.3, -0.25) is 0 Å². The largest absolute Gasteiger partial charge is 0.367 e. The van der Waals surface area contributed by atoms with Crippen molar-refractivity contribution in [3.63, 3.8) is 0 Å². The first-order valence-corrected chi connectivity index (χ1v) is 7.15. The zero-order valence-electron chi connectivity index (χ0n) is 11.3. The molecule has 1 heterocycles. The van der Waals surface area contributed by atoms with Crippen LogP contribution in [0.5, 0.6) is 0 Å². The molecule has 5 nitrogen and oxygen atoms in total. The third kappa shape index (κ3) is 2.32. The van der Waals surface area contributed by atoms with Gasteiger partial charge in [0.05, 0.1) is 5.92 Å². The maximum atomic E-state index is 5.95. The lowest BCUT2D eigenvalue weighted by atomic mass is 10.0. The lowest BCUT2D eigenvalue weighted by molar-refractivity contribution is -0.0469. The maximum absolute atomic E-state index is 5.95. The van der Waals surface area contributed by atoms with E-state index in [0.29, 0.717) is 12.5 Å². The van der Waals surface area contributed by atoms with E-state index in [0.717, 1.165) is 37.9 Å². The Hall–Kier alpha value is -1.20. The van der Waals surface area contributed by atoms with Crippen LogP contribution in [0.1, 0.15) is 56.7 Å². The molecule has 1 fully saturated rings. The van der Waals surface area contributed by atoms with Crippen LogP contribution >= 0.6 is 0 Å². The van der Waals surface area contributed by atoms with E-state index in [1.165, 1.54) is 0 Å².